The van der Waals surface area contributed by atoms with Crippen LogP contribution in [0, 0.1) is 5.41 Å². The molecule has 1 aliphatic rings. The third kappa shape index (κ3) is 4.88. The maximum absolute atomic E-state index is 13.0. The van der Waals surface area contributed by atoms with Crippen LogP contribution in [-0.4, -0.2) is 53.7 Å². The summed E-state index contributed by atoms with van der Waals surface area (Å²) in [5, 5.41) is 15.0. The standard InChI is InChI=1S/C24H22F2N6O3/c1-35-21-15-17(30-13-14-31(23(25)26)24(30)34)7-8-19(21)32-12-10-20(33)22(29-32)18(9-11-27)28-16-5-3-2-4-6-16/h2-12,15,23,27-28H,13-14H2,1H3/b18-9-,27-11?. The average Bonchev–Trinajstić information content (AvgIpc) is 3.26. The van der Waals surface area contributed by atoms with Gasteiger partial charge in [0.2, 0.25) is 5.43 Å². The summed E-state index contributed by atoms with van der Waals surface area (Å²) >= 11 is 0. The van der Waals surface area contributed by atoms with Crippen molar-refractivity contribution >= 4 is 29.3 Å². The summed E-state index contributed by atoms with van der Waals surface area (Å²) in [7, 11) is 1.43. The number of rotatable bonds is 8. The van der Waals surface area contributed by atoms with Gasteiger partial charge >= 0.3 is 12.6 Å². The van der Waals surface area contributed by atoms with Crippen LogP contribution >= 0.6 is 0 Å². The second-order valence-corrected chi connectivity index (χ2v) is 7.47. The van der Waals surface area contributed by atoms with Gasteiger partial charge in [-0.15, -0.1) is 0 Å². The zero-order chi connectivity index (χ0) is 24.9. The van der Waals surface area contributed by atoms with Crippen molar-refractivity contribution in [3.63, 3.8) is 0 Å². The van der Waals surface area contributed by atoms with E-state index in [4.69, 9.17) is 10.1 Å². The Morgan fingerprint density at radius 2 is 1.91 bits per heavy atom. The predicted molar refractivity (Wildman–Crippen MR) is 129 cm³/mol. The molecular formula is C24H22F2N6O3. The van der Waals surface area contributed by atoms with Crippen LogP contribution in [0.2, 0.25) is 0 Å². The first-order chi connectivity index (χ1) is 16.9. The Morgan fingerprint density at radius 1 is 1.14 bits per heavy atom. The van der Waals surface area contributed by atoms with Crippen LogP contribution in [-0.2, 0) is 0 Å². The van der Waals surface area contributed by atoms with Gasteiger partial charge in [-0.05, 0) is 30.3 Å². The molecule has 4 rings (SSSR count). The number of urea groups is 1. The normalized spacial score (nSPS) is 13.9. The zero-order valence-electron chi connectivity index (χ0n) is 18.7. The highest BCUT2D eigenvalue weighted by Gasteiger charge is 2.35. The molecule has 2 amide bonds. The molecule has 0 unspecified atom stereocenters. The molecule has 1 aromatic heterocycles. The number of anilines is 2. The Hall–Kier alpha value is -4.54. The van der Waals surface area contributed by atoms with Crippen LogP contribution in [0.4, 0.5) is 25.0 Å². The fraction of sp³-hybridized carbons (Fsp3) is 0.167. The van der Waals surface area contributed by atoms with Gasteiger partial charge in [0.05, 0.1) is 12.8 Å². The van der Waals surface area contributed by atoms with Crippen molar-refractivity contribution in [1.82, 2.24) is 14.7 Å². The summed E-state index contributed by atoms with van der Waals surface area (Å²) < 4.78 is 33.0. The summed E-state index contributed by atoms with van der Waals surface area (Å²) in [6.45, 7) is -2.83. The van der Waals surface area contributed by atoms with Gasteiger partial charge in [-0.1, -0.05) is 18.2 Å². The molecule has 0 aliphatic carbocycles. The Labute approximate surface area is 199 Å². The fourth-order valence-electron chi connectivity index (χ4n) is 3.67. The van der Waals surface area contributed by atoms with Crippen molar-refractivity contribution in [2.45, 2.75) is 6.55 Å². The first-order valence-corrected chi connectivity index (χ1v) is 10.6. The summed E-state index contributed by atoms with van der Waals surface area (Å²) in [5.74, 6) is 0.321. The van der Waals surface area contributed by atoms with Crippen molar-refractivity contribution in [3.8, 4) is 11.4 Å². The van der Waals surface area contributed by atoms with Gasteiger partial charge in [0.1, 0.15) is 11.4 Å². The van der Waals surface area contributed by atoms with E-state index in [1.165, 1.54) is 35.0 Å². The Bertz CT molecular complexity index is 1330. The van der Waals surface area contributed by atoms with Crippen molar-refractivity contribution in [2.24, 2.45) is 0 Å². The van der Waals surface area contributed by atoms with E-state index in [0.29, 0.717) is 33.4 Å². The van der Waals surface area contributed by atoms with Gasteiger partial charge in [-0.2, -0.15) is 13.9 Å². The molecule has 0 spiro atoms. The third-order valence-corrected chi connectivity index (χ3v) is 5.36. The second-order valence-electron chi connectivity index (χ2n) is 7.47. The molecule has 1 saturated heterocycles. The number of methoxy groups -OCH3 is 1. The molecule has 1 aliphatic heterocycles. The first kappa shape index (κ1) is 23.6. The van der Waals surface area contributed by atoms with E-state index in [9.17, 15) is 18.4 Å². The number of ether oxygens (including phenoxy) is 1. The number of hydrogen-bond donors (Lipinski definition) is 2. The zero-order valence-corrected chi connectivity index (χ0v) is 18.7. The van der Waals surface area contributed by atoms with E-state index >= 15 is 0 Å². The second kappa shape index (κ2) is 10.2. The van der Waals surface area contributed by atoms with Crippen molar-refractivity contribution in [3.05, 3.63) is 82.8 Å². The molecule has 2 heterocycles. The molecule has 11 heteroatoms. The van der Waals surface area contributed by atoms with Crippen LogP contribution in [0.25, 0.3) is 11.4 Å². The number of alkyl halides is 2. The molecule has 0 bridgehead atoms. The molecule has 180 valence electrons. The summed E-state index contributed by atoms with van der Waals surface area (Å²) in [6, 6.07) is 14.5. The van der Waals surface area contributed by atoms with Gasteiger partial charge in [-0.25, -0.2) is 9.48 Å². The number of halogens is 2. The number of nitrogens with zero attached hydrogens (tertiary/aromatic N) is 4. The minimum atomic E-state index is -2.87. The minimum Gasteiger partial charge on any atom is -0.494 e. The van der Waals surface area contributed by atoms with Crippen LogP contribution < -0.4 is 20.4 Å². The first-order valence-electron chi connectivity index (χ1n) is 10.6. The van der Waals surface area contributed by atoms with Gasteiger partial charge in [0, 0.05) is 49.0 Å². The summed E-state index contributed by atoms with van der Waals surface area (Å²) in [5.41, 5.74) is 1.62. The maximum Gasteiger partial charge on any atom is 0.328 e. The smallest absolute Gasteiger partial charge is 0.328 e. The van der Waals surface area contributed by atoms with Crippen LogP contribution in [0.3, 0.4) is 0 Å². The lowest BCUT2D eigenvalue weighted by atomic mass is 10.2. The number of nitrogens with one attached hydrogen (secondary N) is 2. The largest absolute Gasteiger partial charge is 0.494 e. The number of para-hydroxylation sites is 1. The Kier molecular flexibility index (Phi) is 6.86. The van der Waals surface area contributed by atoms with E-state index in [0.717, 1.165) is 6.21 Å². The molecule has 9 nitrogen and oxygen atoms in total. The lowest BCUT2D eigenvalue weighted by Gasteiger charge is -2.20. The van der Waals surface area contributed by atoms with Crippen molar-refractivity contribution < 1.29 is 18.3 Å². The molecule has 2 aromatic carbocycles. The van der Waals surface area contributed by atoms with E-state index in [-0.39, 0.29) is 24.2 Å². The number of carbonyl (C=O) groups excluding carboxylic acids is 1. The monoisotopic (exact) mass is 480 g/mol. The molecule has 0 radical (unpaired) electrons. The van der Waals surface area contributed by atoms with Crippen LogP contribution in [0.5, 0.6) is 5.75 Å². The Balaban J connectivity index is 1.69. The molecule has 3 aromatic rings. The highest BCUT2D eigenvalue weighted by Crippen LogP contribution is 2.31. The lowest BCUT2D eigenvalue weighted by Crippen LogP contribution is -2.35. The van der Waals surface area contributed by atoms with E-state index in [1.807, 2.05) is 30.3 Å². The number of carbonyl (C=O) groups is 1. The van der Waals surface area contributed by atoms with Gasteiger partial charge in [0.25, 0.3) is 0 Å². The summed E-state index contributed by atoms with van der Waals surface area (Å²) in [4.78, 5) is 26.7. The number of benzene rings is 2. The fourth-order valence-corrected chi connectivity index (χ4v) is 3.67. The van der Waals surface area contributed by atoms with E-state index in [1.54, 1.807) is 18.2 Å². The molecule has 0 saturated carbocycles. The topological polar surface area (TPSA) is 104 Å². The molecule has 0 atom stereocenters. The highest BCUT2D eigenvalue weighted by atomic mass is 19.3. The number of allylic oxidation sites excluding steroid dienone is 1. The molecule has 35 heavy (non-hydrogen) atoms. The SMILES string of the molecule is COc1cc(N2CCN(C(F)F)C2=O)ccc1-n1ccc(=O)c(/C(=C/C=N)Nc2ccccc2)n1. The average molecular weight is 480 g/mol. The quantitative estimate of drug-likeness (QED) is 0.377. The van der Waals surface area contributed by atoms with Gasteiger partial charge in [-0.3, -0.25) is 14.6 Å². The highest BCUT2D eigenvalue weighted by molar-refractivity contribution is 5.94. The van der Waals surface area contributed by atoms with Crippen LogP contribution in [0.1, 0.15) is 5.69 Å². The maximum atomic E-state index is 13.0. The molecule has 2 N–H and O–H groups in total. The lowest BCUT2D eigenvalue weighted by molar-refractivity contribution is 0.0151. The van der Waals surface area contributed by atoms with Gasteiger partial charge < -0.3 is 15.5 Å². The number of aromatic nitrogens is 2. The van der Waals surface area contributed by atoms with Crippen molar-refractivity contribution in [2.75, 3.05) is 30.4 Å². The minimum absolute atomic E-state index is 0.0771. The van der Waals surface area contributed by atoms with Crippen LogP contribution in [0.15, 0.2) is 71.7 Å². The van der Waals surface area contributed by atoms with Crippen molar-refractivity contribution in [1.29, 1.82) is 5.41 Å². The molecule has 1 fully saturated rings. The Morgan fingerprint density at radius 3 is 2.57 bits per heavy atom. The van der Waals surface area contributed by atoms with E-state index < -0.39 is 12.6 Å². The third-order valence-electron chi connectivity index (χ3n) is 5.36. The summed E-state index contributed by atoms with van der Waals surface area (Å²) in [6.07, 6.45) is 3.94. The number of amides is 2. The predicted octanol–water partition coefficient (Wildman–Crippen LogP) is 3.81. The van der Waals surface area contributed by atoms with Gasteiger partial charge in [0.15, 0.2) is 5.69 Å². The van der Waals surface area contributed by atoms with E-state index in [2.05, 4.69) is 10.4 Å². The molecular weight excluding hydrogens is 458 g/mol. The number of hydrogen-bond acceptors (Lipinski definition) is 6.